The van der Waals surface area contributed by atoms with Crippen LogP contribution in [0.25, 0.3) is 0 Å². The molecule has 3 aromatic rings. The molecular weight excluding hydrogens is 382 g/mol. The summed E-state index contributed by atoms with van der Waals surface area (Å²) in [6, 6.07) is 22.4. The van der Waals surface area contributed by atoms with Gasteiger partial charge in [-0.25, -0.2) is 0 Å². The molecule has 0 spiro atoms. The number of nitro benzene ring substituents is 1. The molecule has 0 radical (unpaired) electrons. The van der Waals surface area contributed by atoms with Crippen LogP contribution in [-0.4, -0.2) is 24.5 Å². The van der Waals surface area contributed by atoms with Crippen molar-refractivity contribution in [2.75, 3.05) is 19.0 Å². The number of amides is 1. The lowest BCUT2D eigenvalue weighted by atomic mass is 9.98. The van der Waals surface area contributed by atoms with E-state index in [1.807, 2.05) is 54.7 Å². The summed E-state index contributed by atoms with van der Waals surface area (Å²) >= 11 is 0. The molecule has 0 bridgehead atoms. The van der Waals surface area contributed by atoms with E-state index in [0.29, 0.717) is 5.75 Å². The van der Waals surface area contributed by atoms with Crippen molar-refractivity contribution in [3.8, 4) is 5.75 Å². The van der Waals surface area contributed by atoms with Gasteiger partial charge in [0.05, 0.1) is 18.1 Å². The topological polar surface area (TPSA) is 98.1 Å². The zero-order chi connectivity index (χ0) is 21.5. The summed E-state index contributed by atoms with van der Waals surface area (Å²) in [7, 11) is 1.43. The molecule has 0 heterocycles. The molecule has 0 saturated heterocycles. The highest BCUT2D eigenvalue weighted by Gasteiger charge is 2.21. The van der Waals surface area contributed by atoms with Crippen LogP contribution in [0.2, 0.25) is 0 Å². The fraction of sp³-hybridized carbons (Fsp3) is 0.174. The number of nitrogens with one attached hydrogen (secondary N) is 1. The van der Waals surface area contributed by atoms with Gasteiger partial charge in [0.2, 0.25) is 0 Å². The number of aryl methyl sites for hydroxylation is 1. The quantitative estimate of drug-likeness (QED) is 0.443. The van der Waals surface area contributed by atoms with Gasteiger partial charge in [0.1, 0.15) is 17.5 Å². The molecule has 7 nitrogen and oxygen atoms in total. The number of ether oxygens (including phenoxy) is 1. The van der Waals surface area contributed by atoms with Crippen molar-refractivity contribution >= 4 is 17.3 Å². The number of hydrogen-bond acceptors (Lipinski definition) is 4. The Bertz CT molecular complexity index is 1020. The molecule has 0 fully saturated rings. The molecule has 0 aromatic heterocycles. The van der Waals surface area contributed by atoms with Crippen molar-refractivity contribution in [1.82, 2.24) is 0 Å². The Balaban J connectivity index is 1.75. The number of hydrogen-bond donors (Lipinski definition) is 2. The standard InChI is InChI=1S/C23H23N3O4/c1-16-8-10-18(11-9-16)23(17-6-4-3-5-7-17)24-15-22(27)25-20-13-12-19(30-2)14-21(20)26(28)29/h3-14,23-24H,15H2,1-2H3,(H,25,27)/p+1/t23-/m1/s1. The molecule has 3 N–H and O–H groups in total. The second kappa shape index (κ2) is 9.67. The number of carbonyl (C=O) groups is 1. The first-order valence-corrected chi connectivity index (χ1v) is 9.55. The molecule has 0 aliphatic heterocycles. The van der Waals surface area contributed by atoms with Crippen LogP contribution in [0.3, 0.4) is 0 Å². The minimum absolute atomic E-state index is 0.0663. The predicted octanol–water partition coefficient (Wildman–Crippen LogP) is 3.20. The van der Waals surface area contributed by atoms with Crippen molar-refractivity contribution in [3.63, 3.8) is 0 Å². The third kappa shape index (κ3) is 5.21. The summed E-state index contributed by atoms with van der Waals surface area (Å²) < 4.78 is 5.03. The van der Waals surface area contributed by atoms with Gasteiger partial charge in [0, 0.05) is 11.1 Å². The molecule has 1 amide bonds. The van der Waals surface area contributed by atoms with Gasteiger partial charge in [-0.05, 0) is 19.1 Å². The van der Waals surface area contributed by atoms with E-state index < -0.39 is 4.92 Å². The summed E-state index contributed by atoms with van der Waals surface area (Å²) in [5.74, 6) is 0.0334. The van der Waals surface area contributed by atoms with Crippen molar-refractivity contribution in [3.05, 3.63) is 99.6 Å². The summed E-state index contributed by atoms with van der Waals surface area (Å²) in [5.41, 5.74) is 3.25. The van der Waals surface area contributed by atoms with E-state index in [1.54, 1.807) is 6.07 Å². The SMILES string of the molecule is COc1ccc(NC(=O)C[NH2+][C@H](c2ccccc2)c2ccc(C)cc2)c([N+](=O)[O-])c1. The summed E-state index contributed by atoms with van der Waals surface area (Å²) in [4.78, 5) is 23.4. The number of benzene rings is 3. The Morgan fingerprint density at radius 2 is 1.73 bits per heavy atom. The van der Waals surface area contributed by atoms with Gasteiger partial charge < -0.3 is 15.4 Å². The third-order valence-electron chi connectivity index (χ3n) is 4.81. The highest BCUT2D eigenvalue weighted by molar-refractivity contribution is 5.93. The monoisotopic (exact) mass is 406 g/mol. The van der Waals surface area contributed by atoms with E-state index in [0.717, 1.165) is 16.7 Å². The number of carbonyl (C=O) groups excluding carboxylic acids is 1. The summed E-state index contributed by atoms with van der Waals surface area (Å²) in [6.45, 7) is 2.14. The molecule has 3 rings (SSSR count). The van der Waals surface area contributed by atoms with Crippen LogP contribution in [0.5, 0.6) is 5.75 Å². The van der Waals surface area contributed by atoms with E-state index in [1.165, 1.54) is 19.2 Å². The minimum atomic E-state index is -0.541. The molecule has 1 atom stereocenters. The van der Waals surface area contributed by atoms with Gasteiger partial charge in [-0.15, -0.1) is 0 Å². The molecule has 154 valence electrons. The third-order valence-corrected chi connectivity index (χ3v) is 4.81. The number of anilines is 1. The Kier molecular flexibility index (Phi) is 6.77. The zero-order valence-electron chi connectivity index (χ0n) is 16.9. The van der Waals surface area contributed by atoms with E-state index in [4.69, 9.17) is 4.74 Å². The molecule has 30 heavy (non-hydrogen) atoms. The van der Waals surface area contributed by atoms with Crippen LogP contribution in [0, 0.1) is 17.0 Å². The average molecular weight is 406 g/mol. The van der Waals surface area contributed by atoms with E-state index >= 15 is 0 Å². The molecule has 7 heteroatoms. The van der Waals surface area contributed by atoms with Crippen molar-refractivity contribution in [2.24, 2.45) is 0 Å². The lowest BCUT2D eigenvalue weighted by Crippen LogP contribution is -2.87. The minimum Gasteiger partial charge on any atom is -0.496 e. The first-order chi connectivity index (χ1) is 14.5. The van der Waals surface area contributed by atoms with Crippen LogP contribution < -0.4 is 15.4 Å². The Labute approximate surface area is 174 Å². The first-order valence-electron chi connectivity index (χ1n) is 9.55. The molecule has 0 aliphatic carbocycles. The van der Waals surface area contributed by atoms with Gasteiger partial charge in [-0.1, -0.05) is 60.2 Å². The fourth-order valence-corrected chi connectivity index (χ4v) is 3.22. The normalized spacial score (nSPS) is 11.5. The van der Waals surface area contributed by atoms with Gasteiger partial charge in [-0.3, -0.25) is 14.9 Å². The van der Waals surface area contributed by atoms with Crippen LogP contribution in [0.4, 0.5) is 11.4 Å². The first kappa shape index (κ1) is 21.0. The maximum atomic E-state index is 12.6. The molecule has 0 saturated carbocycles. The van der Waals surface area contributed by atoms with Crippen molar-refractivity contribution < 1.29 is 19.8 Å². The maximum absolute atomic E-state index is 12.6. The second-order valence-electron chi connectivity index (χ2n) is 6.93. The maximum Gasteiger partial charge on any atom is 0.296 e. The molecule has 0 unspecified atom stereocenters. The van der Waals surface area contributed by atoms with Crippen LogP contribution in [0.15, 0.2) is 72.8 Å². The molecule has 0 aliphatic rings. The van der Waals surface area contributed by atoms with Crippen LogP contribution >= 0.6 is 0 Å². The van der Waals surface area contributed by atoms with Crippen molar-refractivity contribution in [2.45, 2.75) is 13.0 Å². The van der Waals surface area contributed by atoms with E-state index in [9.17, 15) is 14.9 Å². The van der Waals surface area contributed by atoms with Gasteiger partial charge >= 0.3 is 0 Å². The molecular formula is C23H24N3O4+. The van der Waals surface area contributed by atoms with Crippen LogP contribution in [-0.2, 0) is 4.79 Å². The summed E-state index contributed by atoms with van der Waals surface area (Å²) in [5, 5.41) is 15.9. The highest BCUT2D eigenvalue weighted by atomic mass is 16.6. The number of nitrogens with zero attached hydrogens (tertiary/aromatic N) is 1. The molecule has 3 aromatic carbocycles. The smallest absolute Gasteiger partial charge is 0.296 e. The van der Waals surface area contributed by atoms with Crippen molar-refractivity contribution in [1.29, 1.82) is 0 Å². The number of methoxy groups -OCH3 is 1. The number of nitro groups is 1. The second-order valence-corrected chi connectivity index (χ2v) is 6.93. The van der Waals surface area contributed by atoms with E-state index in [-0.39, 0.29) is 29.9 Å². The Hall–Kier alpha value is -3.71. The highest BCUT2D eigenvalue weighted by Crippen LogP contribution is 2.28. The fourth-order valence-electron chi connectivity index (χ4n) is 3.22. The largest absolute Gasteiger partial charge is 0.496 e. The van der Waals surface area contributed by atoms with E-state index in [2.05, 4.69) is 17.4 Å². The lowest BCUT2D eigenvalue weighted by molar-refractivity contribution is -0.676. The summed E-state index contributed by atoms with van der Waals surface area (Å²) in [6.07, 6.45) is 0. The van der Waals surface area contributed by atoms with Crippen LogP contribution in [0.1, 0.15) is 22.7 Å². The van der Waals surface area contributed by atoms with Gasteiger partial charge in [-0.2, -0.15) is 0 Å². The zero-order valence-corrected chi connectivity index (χ0v) is 16.9. The number of quaternary nitrogens is 1. The van der Waals surface area contributed by atoms with Gasteiger partial charge in [0.15, 0.2) is 6.54 Å². The van der Waals surface area contributed by atoms with Gasteiger partial charge in [0.25, 0.3) is 11.6 Å². The Morgan fingerprint density at radius 3 is 2.37 bits per heavy atom. The number of rotatable bonds is 8. The lowest BCUT2D eigenvalue weighted by Gasteiger charge is -2.17. The Morgan fingerprint density at radius 1 is 1.07 bits per heavy atom. The predicted molar refractivity (Wildman–Crippen MR) is 115 cm³/mol. The average Bonchev–Trinajstić information content (AvgIpc) is 2.76. The number of nitrogens with two attached hydrogens (primary N) is 1.